The third-order valence-corrected chi connectivity index (χ3v) is 4.98. The van der Waals surface area contributed by atoms with Gasteiger partial charge >= 0.3 is 0 Å². The summed E-state index contributed by atoms with van der Waals surface area (Å²) in [6.07, 6.45) is 3.60. The van der Waals surface area contributed by atoms with Gasteiger partial charge < -0.3 is 9.84 Å². The zero-order chi connectivity index (χ0) is 20.9. The second-order valence-electron chi connectivity index (χ2n) is 7.03. The number of aryl methyl sites for hydroxylation is 1. The number of hydrogen-bond donors (Lipinski definition) is 1. The van der Waals surface area contributed by atoms with Crippen LogP contribution < -0.4 is 4.74 Å². The monoisotopic (exact) mass is 402 g/mol. The Morgan fingerprint density at radius 1 is 1.13 bits per heavy atom. The van der Waals surface area contributed by atoms with Crippen molar-refractivity contribution >= 4 is 11.4 Å². The SMILES string of the molecule is Cc1nc2c(OCc3cccnn3)cccn2c1C(=O)C[C@@H](CO)c1ccccc1. The van der Waals surface area contributed by atoms with Crippen LogP contribution in [0.3, 0.4) is 0 Å². The van der Waals surface area contributed by atoms with Gasteiger partial charge in [0, 0.05) is 24.7 Å². The number of hydrogen-bond acceptors (Lipinski definition) is 6. The fraction of sp³-hybridized carbons (Fsp3) is 0.217. The molecule has 0 aliphatic heterocycles. The quantitative estimate of drug-likeness (QED) is 0.455. The Kier molecular flexibility index (Phi) is 5.81. The van der Waals surface area contributed by atoms with Crippen molar-refractivity contribution in [1.82, 2.24) is 19.6 Å². The van der Waals surface area contributed by atoms with E-state index in [0.29, 0.717) is 28.5 Å². The number of fused-ring (bicyclic) bond motifs is 1. The van der Waals surface area contributed by atoms with E-state index in [1.807, 2.05) is 55.5 Å². The van der Waals surface area contributed by atoms with Crippen LogP contribution in [-0.4, -0.2) is 37.1 Å². The van der Waals surface area contributed by atoms with Gasteiger partial charge in [-0.25, -0.2) is 4.98 Å². The Balaban J connectivity index is 1.60. The Labute approximate surface area is 174 Å². The molecule has 0 spiro atoms. The van der Waals surface area contributed by atoms with Crippen molar-refractivity contribution in [3.8, 4) is 5.75 Å². The number of aliphatic hydroxyl groups is 1. The first kappa shape index (κ1) is 19.7. The maximum absolute atomic E-state index is 13.1. The normalized spacial score (nSPS) is 12.1. The smallest absolute Gasteiger partial charge is 0.182 e. The van der Waals surface area contributed by atoms with Gasteiger partial charge in [0.05, 0.1) is 12.3 Å². The Hall–Kier alpha value is -3.58. The van der Waals surface area contributed by atoms with Gasteiger partial charge in [0.2, 0.25) is 0 Å². The van der Waals surface area contributed by atoms with Crippen LogP contribution in [0.15, 0.2) is 67.0 Å². The molecule has 0 radical (unpaired) electrons. The van der Waals surface area contributed by atoms with E-state index in [9.17, 15) is 9.90 Å². The number of Topliss-reactive ketones (excluding diaryl/α,β-unsaturated/α-hetero) is 1. The number of benzene rings is 1. The molecule has 4 aromatic rings. The van der Waals surface area contributed by atoms with Crippen molar-refractivity contribution in [2.24, 2.45) is 0 Å². The number of carbonyl (C=O) groups is 1. The summed E-state index contributed by atoms with van der Waals surface area (Å²) in [4.78, 5) is 17.7. The van der Waals surface area contributed by atoms with Gasteiger partial charge in [-0.1, -0.05) is 30.3 Å². The number of pyridine rings is 1. The van der Waals surface area contributed by atoms with Crippen LogP contribution in [0.1, 0.15) is 39.8 Å². The molecule has 3 aromatic heterocycles. The molecule has 0 aliphatic carbocycles. The minimum Gasteiger partial charge on any atom is -0.483 e. The molecule has 0 amide bonds. The maximum atomic E-state index is 13.1. The number of nitrogens with zero attached hydrogens (tertiary/aromatic N) is 4. The van der Waals surface area contributed by atoms with E-state index in [4.69, 9.17) is 4.74 Å². The van der Waals surface area contributed by atoms with Crippen molar-refractivity contribution < 1.29 is 14.6 Å². The molecule has 4 rings (SSSR count). The average molecular weight is 402 g/mol. The van der Waals surface area contributed by atoms with Crippen LogP contribution in [0.2, 0.25) is 0 Å². The number of aromatic nitrogens is 4. The topological polar surface area (TPSA) is 89.6 Å². The molecule has 1 N–H and O–H groups in total. The van der Waals surface area contributed by atoms with E-state index in [0.717, 1.165) is 5.56 Å². The third kappa shape index (κ3) is 4.06. The standard InChI is InChI=1S/C23H22N4O3/c1-16-22(20(29)13-18(14-28)17-7-3-2-4-8-17)27-12-6-10-21(23(27)25-16)30-15-19-9-5-11-24-26-19/h2-12,18,28H,13-15H2,1H3/t18-/m0/s1. The highest BCUT2D eigenvalue weighted by molar-refractivity contribution is 5.97. The Morgan fingerprint density at radius 3 is 2.70 bits per heavy atom. The van der Waals surface area contributed by atoms with Crippen LogP contribution in [0.25, 0.3) is 5.65 Å². The van der Waals surface area contributed by atoms with Gasteiger partial charge in [-0.2, -0.15) is 10.2 Å². The molecule has 0 aliphatic rings. The lowest BCUT2D eigenvalue weighted by Crippen LogP contribution is -2.13. The third-order valence-electron chi connectivity index (χ3n) is 4.98. The largest absolute Gasteiger partial charge is 0.483 e. The van der Waals surface area contributed by atoms with Gasteiger partial charge in [-0.05, 0) is 36.8 Å². The summed E-state index contributed by atoms with van der Waals surface area (Å²) in [5.41, 5.74) is 3.34. The van der Waals surface area contributed by atoms with E-state index in [2.05, 4.69) is 15.2 Å². The van der Waals surface area contributed by atoms with Crippen molar-refractivity contribution in [2.75, 3.05) is 6.61 Å². The minimum absolute atomic E-state index is 0.0750. The van der Waals surface area contributed by atoms with E-state index < -0.39 is 0 Å². The Bertz CT molecular complexity index is 1140. The predicted octanol–water partition coefficient (Wildman–Crippen LogP) is 3.36. The van der Waals surface area contributed by atoms with Gasteiger partial charge in [0.25, 0.3) is 0 Å². The summed E-state index contributed by atoms with van der Waals surface area (Å²) in [5.74, 6) is 0.223. The molecule has 1 atom stereocenters. The summed E-state index contributed by atoms with van der Waals surface area (Å²) in [6, 6.07) is 16.8. The van der Waals surface area contributed by atoms with Gasteiger partial charge in [-0.15, -0.1) is 0 Å². The van der Waals surface area contributed by atoms with Crippen LogP contribution in [0.4, 0.5) is 0 Å². The zero-order valence-electron chi connectivity index (χ0n) is 16.6. The average Bonchev–Trinajstić information content (AvgIpc) is 3.13. The molecule has 7 nitrogen and oxygen atoms in total. The molecule has 0 bridgehead atoms. The van der Waals surface area contributed by atoms with Crippen molar-refractivity contribution in [2.45, 2.75) is 25.9 Å². The van der Waals surface area contributed by atoms with Crippen LogP contribution in [0.5, 0.6) is 5.75 Å². The fourth-order valence-corrected chi connectivity index (χ4v) is 3.50. The molecular formula is C23H22N4O3. The van der Waals surface area contributed by atoms with E-state index in [1.54, 1.807) is 22.9 Å². The highest BCUT2D eigenvalue weighted by atomic mass is 16.5. The number of rotatable bonds is 8. The Morgan fingerprint density at radius 2 is 1.97 bits per heavy atom. The summed E-state index contributed by atoms with van der Waals surface area (Å²) >= 11 is 0. The molecule has 3 heterocycles. The molecule has 0 unspecified atom stereocenters. The first-order valence-electron chi connectivity index (χ1n) is 9.73. The second kappa shape index (κ2) is 8.84. The number of carbonyl (C=O) groups excluding carboxylic acids is 1. The first-order chi connectivity index (χ1) is 14.7. The lowest BCUT2D eigenvalue weighted by molar-refractivity contribution is 0.0953. The maximum Gasteiger partial charge on any atom is 0.182 e. The van der Waals surface area contributed by atoms with Crippen LogP contribution >= 0.6 is 0 Å². The lowest BCUT2D eigenvalue weighted by Gasteiger charge is -2.14. The first-order valence-corrected chi connectivity index (χ1v) is 9.73. The van der Waals surface area contributed by atoms with Crippen LogP contribution in [0, 0.1) is 6.92 Å². The molecule has 0 fully saturated rings. The molecular weight excluding hydrogens is 380 g/mol. The predicted molar refractivity (Wildman–Crippen MR) is 112 cm³/mol. The van der Waals surface area contributed by atoms with Crippen molar-refractivity contribution in [3.63, 3.8) is 0 Å². The highest BCUT2D eigenvalue weighted by Gasteiger charge is 2.22. The number of aliphatic hydroxyl groups excluding tert-OH is 1. The van der Waals surface area contributed by atoms with Gasteiger partial charge in [-0.3, -0.25) is 9.20 Å². The van der Waals surface area contributed by atoms with E-state index in [-0.39, 0.29) is 31.3 Å². The van der Waals surface area contributed by atoms with Crippen molar-refractivity contribution in [3.05, 3.63) is 89.6 Å². The van der Waals surface area contributed by atoms with Gasteiger partial charge in [0.15, 0.2) is 17.2 Å². The summed E-state index contributed by atoms with van der Waals surface area (Å²) in [7, 11) is 0. The fourth-order valence-electron chi connectivity index (χ4n) is 3.50. The van der Waals surface area contributed by atoms with Crippen LogP contribution in [-0.2, 0) is 6.61 Å². The highest BCUT2D eigenvalue weighted by Crippen LogP contribution is 2.26. The summed E-state index contributed by atoms with van der Waals surface area (Å²) in [6.45, 7) is 1.96. The summed E-state index contributed by atoms with van der Waals surface area (Å²) < 4.78 is 7.64. The number of ketones is 1. The molecule has 152 valence electrons. The number of ether oxygens (including phenoxy) is 1. The molecule has 0 saturated heterocycles. The number of imidazole rings is 1. The van der Waals surface area contributed by atoms with Crippen molar-refractivity contribution in [1.29, 1.82) is 0 Å². The second-order valence-corrected chi connectivity index (χ2v) is 7.03. The minimum atomic E-state index is -0.264. The molecule has 0 saturated carbocycles. The van der Waals surface area contributed by atoms with Gasteiger partial charge in [0.1, 0.15) is 18.0 Å². The zero-order valence-corrected chi connectivity index (χ0v) is 16.6. The lowest BCUT2D eigenvalue weighted by atomic mass is 9.93. The molecule has 1 aromatic carbocycles. The van der Waals surface area contributed by atoms with E-state index >= 15 is 0 Å². The van der Waals surface area contributed by atoms with E-state index in [1.165, 1.54) is 0 Å². The molecule has 30 heavy (non-hydrogen) atoms. The molecule has 7 heteroatoms. The summed E-state index contributed by atoms with van der Waals surface area (Å²) in [5, 5.41) is 17.7.